The van der Waals surface area contributed by atoms with Crippen LogP contribution in [0.3, 0.4) is 0 Å². The minimum absolute atomic E-state index is 0.282. The van der Waals surface area contributed by atoms with Gasteiger partial charge < -0.3 is 4.74 Å². The summed E-state index contributed by atoms with van der Waals surface area (Å²) >= 11 is 0. The Morgan fingerprint density at radius 1 is 1.09 bits per heavy atom. The number of esters is 1. The molecule has 0 saturated heterocycles. The highest BCUT2D eigenvalue weighted by molar-refractivity contribution is 5.89. The standard InChI is InChI=1S/C19H17NO2/c1-2-22-19(21)16-8-5-6-14(12-16)13-18-17-9-4-3-7-15(17)10-11-20-18/h3-12H,2,13H2,1H3. The highest BCUT2D eigenvalue weighted by Crippen LogP contribution is 2.19. The van der Waals surface area contributed by atoms with Crippen LogP contribution in [0.5, 0.6) is 0 Å². The Balaban J connectivity index is 1.92. The molecule has 0 spiro atoms. The number of hydrogen-bond acceptors (Lipinski definition) is 3. The molecule has 3 rings (SSSR count). The van der Waals surface area contributed by atoms with E-state index in [0.29, 0.717) is 18.6 Å². The second-order valence-electron chi connectivity index (χ2n) is 5.08. The fraction of sp³-hybridized carbons (Fsp3) is 0.158. The van der Waals surface area contributed by atoms with E-state index in [-0.39, 0.29) is 5.97 Å². The first-order valence-corrected chi connectivity index (χ1v) is 7.36. The van der Waals surface area contributed by atoms with E-state index in [1.54, 1.807) is 6.07 Å². The number of aromatic nitrogens is 1. The lowest BCUT2D eigenvalue weighted by Gasteiger charge is -2.07. The van der Waals surface area contributed by atoms with Gasteiger partial charge in [0, 0.05) is 18.0 Å². The molecule has 3 aromatic rings. The summed E-state index contributed by atoms with van der Waals surface area (Å²) in [5, 5.41) is 2.32. The van der Waals surface area contributed by atoms with Gasteiger partial charge in [0.15, 0.2) is 0 Å². The first-order valence-electron chi connectivity index (χ1n) is 7.36. The van der Waals surface area contributed by atoms with Gasteiger partial charge in [-0.2, -0.15) is 0 Å². The van der Waals surface area contributed by atoms with Gasteiger partial charge in [0.05, 0.1) is 17.9 Å². The number of rotatable bonds is 4. The van der Waals surface area contributed by atoms with Crippen LogP contribution in [-0.4, -0.2) is 17.6 Å². The summed E-state index contributed by atoms with van der Waals surface area (Å²) in [5.41, 5.74) is 2.65. The normalized spacial score (nSPS) is 10.6. The molecule has 0 amide bonds. The van der Waals surface area contributed by atoms with E-state index in [4.69, 9.17) is 4.74 Å². The van der Waals surface area contributed by atoms with Crippen molar-refractivity contribution in [2.45, 2.75) is 13.3 Å². The van der Waals surface area contributed by atoms with Gasteiger partial charge in [-0.1, -0.05) is 36.4 Å². The fourth-order valence-corrected chi connectivity index (χ4v) is 2.54. The molecule has 0 atom stereocenters. The Bertz CT molecular complexity index is 806. The minimum Gasteiger partial charge on any atom is -0.462 e. The SMILES string of the molecule is CCOC(=O)c1cccc(Cc2nccc3ccccc23)c1. The molecule has 110 valence electrons. The Labute approximate surface area is 129 Å². The molecule has 1 heterocycles. The zero-order chi connectivity index (χ0) is 15.4. The van der Waals surface area contributed by atoms with Crippen LogP contribution in [0.1, 0.15) is 28.5 Å². The van der Waals surface area contributed by atoms with Gasteiger partial charge in [-0.3, -0.25) is 4.98 Å². The van der Waals surface area contributed by atoms with Gasteiger partial charge in [0.2, 0.25) is 0 Å². The maximum absolute atomic E-state index is 11.8. The van der Waals surface area contributed by atoms with Crippen LogP contribution < -0.4 is 0 Å². The van der Waals surface area contributed by atoms with Crippen molar-refractivity contribution in [1.29, 1.82) is 0 Å². The smallest absolute Gasteiger partial charge is 0.338 e. The summed E-state index contributed by atoms with van der Waals surface area (Å²) in [7, 11) is 0. The number of fused-ring (bicyclic) bond motifs is 1. The summed E-state index contributed by atoms with van der Waals surface area (Å²) in [6.07, 6.45) is 2.52. The Morgan fingerprint density at radius 2 is 1.95 bits per heavy atom. The third-order valence-electron chi connectivity index (χ3n) is 3.57. The average molecular weight is 291 g/mol. The number of carbonyl (C=O) groups excluding carboxylic acids is 1. The molecule has 0 unspecified atom stereocenters. The van der Waals surface area contributed by atoms with Crippen LogP contribution in [0.4, 0.5) is 0 Å². The molecular formula is C19H17NO2. The second-order valence-corrected chi connectivity index (χ2v) is 5.08. The molecule has 0 bridgehead atoms. The van der Waals surface area contributed by atoms with Crippen LogP contribution in [0, 0.1) is 0 Å². The van der Waals surface area contributed by atoms with Gasteiger partial charge in [0.25, 0.3) is 0 Å². The largest absolute Gasteiger partial charge is 0.462 e. The summed E-state index contributed by atoms with van der Waals surface area (Å²) in [5.74, 6) is -0.282. The minimum atomic E-state index is -0.282. The molecule has 0 aliphatic heterocycles. The number of benzene rings is 2. The summed E-state index contributed by atoms with van der Waals surface area (Å²) in [6, 6.07) is 17.7. The van der Waals surface area contributed by atoms with Crippen molar-refractivity contribution in [1.82, 2.24) is 4.98 Å². The lowest BCUT2D eigenvalue weighted by molar-refractivity contribution is 0.0526. The molecule has 0 radical (unpaired) electrons. The van der Waals surface area contributed by atoms with Crippen LogP contribution >= 0.6 is 0 Å². The Kier molecular flexibility index (Phi) is 4.15. The van der Waals surface area contributed by atoms with Crippen LogP contribution in [0.15, 0.2) is 60.8 Å². The zero-order valence-electron chi connectivity index (χ0n) is 12.5. The molecule has 0 aliphatic carbocycles. The predicted octanol–water partition coefficient (Wildman–Crippen LogP) is 4.00. The molecule has 0 fully saturated rings. The molecule has 2 aromatic carbocycles. The number of pyridine rings is 1. The summed E-state index contributed by atoms with van der Waals surface area (Å²) < 4.78 is 5.05. The van der Waals surface area contributed by atoms with Crippen molar-refractivity contribution in [2.75, 3.05) is 6.61 Å². The van der Waals surface area contributed by atoms with E-state index in [1.807, 2.05) is 49.5 Å². The molecule has 0 saturated carbocycles. The van der Waals surface area contributed by atoms with Gasteiger partial charge in [-0.15, -0.1) is 0 Å². The Morgan fingerprint density at radius 3 is 2.82 bits per heavy atom. The predicted molar refractivity (Wildman–Crippen MR) is 86.9 cm³/mol. The van der Waals surface area contributed by atoms with Gasteiger partial charge in [0.1, 0.15) is 0 Å². The summed E-state index contributed by atoms with van der Waals surface area (Å²) in [6.45, 7) is 2.19. The van der Waals surface area contributed by atoms with Crippen molar-refractivity contribution in [3.05, 3.63) is 77.6 Å². The Hall–Kier alpha value is -2.68. The molecule has 1 aromatic heterocycles. The maximum Gasteiger partial charge on any atom is 0.338 e. The third-order valence-corrected chi connectivity index (χ3v) is 3.57. The second kappa shape index (κ2) is 6.39. The van der Waals surface area contributed by atoms with E-state index in [2.05, 4.69) is 17.1 Å². The van der Waals surface area contributed by atoms with Gasteiger partial charge in [-0.05, 0) is 36.1 Å². The van der Waals surface area contributed by atoms with Crippen LogP contribution in [0.25, 0.3) is 10.8 Å². The quantitative estimate of drug-likeness (QED) is 0.682. The van der Waals surface area contributed by atoms with Gasteiger partial charge in [-0.25, -0.2) is 4.79 Å². The first-order chi connectivity index (χ1) is 10.8. The maximum atomic E-state index is 11.8. The molecule has 0 N–H and O–H groups in total. The van der Waals surface area contributed by atoms with Crippen LogP contribution in [0.2, 0.25) is 0 Å². The highest BCUT2D eigenvalue weighted by atomic mass is 16.5. The van der Waals surface area contributed by atoms with Crippen molar-refractivity contribution in [3.63, 3.8) is 0 Å². The van der Waals surface area contributed by atoms with E-state index >= 15 is 0 Å². The number of hydrogen-bond donors (Lipinski definition) is 0. The van der Waals surface area contributed by atoms with Crippen molar-refractivity contribution >= 4 is 16.7 Å². The topological polar surface area (TPSA) is 39.2 Å². The number of nitrogens with zero attached hydrogens (tertiary/aromatic N) is 1. The van der Waals surface area contributed by atoms with Crippen molar-refractivity contribution < 1.29 is 9.53 Å². The fourth-order valence-electron chi connectivity index (χ4n) is 2.54. The monoisotopic (exact) mass is 291 g/mol. The average Bonchev–Trinajstić information content (AvgIpc) is 2.56. The van der Waals surface area contributed by atoms with Crippen molar-refractivity contribution in [3.8, 4) is 0 Å². The number of carbonyl (C=O) groups is 1. The molecule has 3 heteroatoms. The molecule has 22 heavy (non-hydrogen) atoms. The zero-order valence-corrected chi connectivity index (χ0v) is 12.5. The third kappa shape index (κ3) is 2.98. The molecule has 3 nitrogen and oxygen atoms in total. The van der Waals surface area contributed by atoms with Crippen molar-refractivity contribution in [2.24, 2.45) is 0 Å². The van der Waals surface area contributed by atoms with E-state index in [0.717, 1.165) is 16.6 Å². The lowest BCUT2D eigenvalue weighted by atomic mass is 10.0. The van der Waals surface area contributed by atoms with Crippen LogP contribution in [-0.2, 0) is 11.2 Å². The van der Waals surface area contributed by atoms with E-state index in [9.17, 15) is 4.79 Å². The number of ether oxygens (including phenoxy) is 1. The first kappa shape index (κ1) is 14.3. The lowest BCUT2D eigenvalue weighted by Crippen LogP contribution is -2.05. The van der Waals surface area contributed by atoms with E-state index < -0.39 is 0 Å². The molecule has 0 aliphatic rings. The van der Waals surface area contributed by atoms with E-state index in [1.165, 1.54) is 5.39 Å². The summed E-state index contributed by atoms with van der Waals surface area (Å²) in [4.78, 5) is 16.3. The van der Waals surface area contributed by atoms with Gasteiger partial charge >= 0.3 is 5.97 Å². The molecular weight excluding hydrogens is 274 g/mol. The highest BCUT2D eigenvalue weighted by Gasteiger charge is 2.08.